The number of H-pyrrole nitrogens is 1. The number of nitrogens with zero attached hydrogens (tertiary/aromatic N) is 1. The van der Waals surface area contributed by atoms with Crippen LogP contribution in [-0.4, -0.2) is 35.0 Å². The highest BCUT2D eigenvalue weighted by Gasteiger charge is 2.31. The molecule has 176 valence electrons. The maximum atomic E-state index is 13.1. The Bertz CT molecular complexity index is 1260. The molecule has 3 aromatic rings. The Morgan fingerprint density at radius 3 is 2.68 bits per heavy atom. The number of ether oxygens (including phenoxy) is 2. The van der Waals surface area contributed by atoms with Gasteiger partial charge < -0.3 is 25.5 Å². The summed E-state index contributed by atoms with van der Waals surface area (Å²) in [5.74, 6) is 0.275. The fourth-order valence-electron chi connectivity index (χ4n) is 3.71. The van der Waals surface area contributed by atoms with E-state index < -0.39 is 11.8 Å². The average molecular weight is 481 g/mol. The first kappa shape index (κ1) is 23.4. The fourth-order valence-corrected chi connectivity index (χ4v) is 4.52. The van der Waals surface area contributed by atoms with Crippen molar-refractivity contribution < 1.29 is 19.1 Å². The quantitative estimate of drug-likeness (QED) is 0.316. The number of rotatable bonds is 9. The molecule has 1 unspecified atom stereocenters. The lowest BCUT2D eigenvalue weighted by Crippen LogP contribution is -2.31. The molecule has 4 N–H and O–H groups in total. The van der Waals surface area contributed by atoms with Crippen molar-refractivity contribution in [3.05, 3.63) is 75.6 Å². The van der Waals surface area contributed by atoms with Crippen LogP contribution in [0.5, 0.6) is 11.5 Å². The predicted molar refractivity (Wildman–Crippen MR) is 128 cm³/mol. The van der Waals surface area contributed by atoms with Crippen molar-refractivity contribution in [3.8, 4) is 11.5 Å². The SMILES string of the molecule is CCOc1cc(C2CC(=O)Nc3nc(SCc4ccccc4)[nH]c(=O)c32)ccc1OCC(N)=O. The number of primary amides is 1. The van der Waals surface area contributed by atoms with Crippen molar-refractivity contribution in [1.29, 1.82) is 0 Å². The van der Waals surface area contributed by atoms with E-state index in [9.17, 15) is 14.4 Å². The first-order valence-electron chi connectivity index (χ1n) is 10.7. The number of fused-ring (bicyclic) bond motifs is 1. The van der Waals surface area contributed by atoms with E-state index in [0.29, 0.717) is 40.1 Å². The van der Waals surface area contributed by atoms with E-state index >= 15 is 0 Å². The van der Waals surface area contributed by atoms with Crippen molar-refractivity contribution in [2.75, 3.05) is 18.5 Å². The van der Waals surface area contributed by atoms with E-state index in [-0.39, 0.29) is 30.3 Å². The lowest BCUT2D eigenvalue weighted by Gasteiger charge is -2.25. The molecule has 1 atom stereocenters. The van der Waals surface area contributed by atoms with Crippen LogP contribution >= 0.6 is 11.8 Å². The van der Waals surface area contributed by atoms with Gasteiger partial charge in [0.25, 0.3) is 11.5 Å². The van der Waals surface area contributed by atoms with Gasteiger partial charge in [-0.3, -0.25) is 14.4 Å². The molecule has 0 saturated heterocycles. The third kappa shape index (κ3) is 5.40. The van der Waals surface area contributed by atoms with E-state index in [1.165, 1.54) is 11.8 Å². The minimum Gasteiger partial charge on any atom is -0.490 e. The Labute approximate surface area is 200 Å². The lowest BCUT2D eigenvalue weighted by atomic mass is 9.86. The minimum atomic E-state index is -0.608. The summed E-state index contributed by atoms with van der Waals surface area (Å²) in [5, 5.41) is 3.16. The zero-order valence-electron chi connectivity index (χ0n) is 18.5. The summed E-state index contributed by atoms with van der Waals surface area (Å²) < 4.78 is 11.1. The molecule has 1 aliphatic rings. The third-order valence-corrected chi connectivity index (χ3v) is 6.13. The van der Waals surface area contributed by atoms with Gasteiger partial charge in [-0.05, 0) is 30.2 Å². The molecule has 0 spiro atoms. The smallest absolute Gasteiger partial charge is 0.257 e. The Morgan fingerprint density at radius 1 is 1.15 bits per heavy atom. The molecule has 4 rings (SSSR count). The highest BCUT2D eigenvalue weighted by molar-refractivity contribution is 7.98. The fraction of sp³-hybridized carbons (Fsp3) is 0.250. The molecule has 2 heterocycles. The lowest BCUT2D eigenvalue weighted by molar-refractivity contribution is -0.120. The van der Waals surface area contributed by atoms with E-state index in [1.54, 1.807) is 18.2 Å². The number of nitrogens with two attached hydrogens (primary N) is 1. The zero-order chi connectivity index (χ0) is 24.1. The molecule has 2 aromatic carbocycles. The van der Waals surface area contributed by atoms with Crippen LogP contribution in [0.15, 0.2) is 58.5 Å². The number of anilines is 1. The van der Waals surface area contributed by atoms with Gasteiger partial charge in [-0.15, -0.1) is 0 Å². The summed E-state index contributed by atoms with van der Waals surface area (Å²) in [5.41, 5.74) is 7.04. The topological polar surface area (TPSA) is 136 Å². The molecule has 0 aliphatic carbocycles. The number of amides is 2. The maximum Gasteiger partial charge on any atom is 0.257 e. The van der Waals surface area contributed by atoms with Crippen LogP contribution in [-0.2, 0) is 15.3 Å². The number of aromatic nitrogens is 2. The Balaban J connectivity index is 1.64. The van der Waals surface area contributed by atoms with E-state index in [4.69, 9.17) is 15.2 Å². The summed E-state index contributed by atoms with van der Waals surface area (Å²) in [7, 11) is 0. The Hall–Kier alpha value is -3.79. The van der Waals surface area contributed by atoms with Crippen LogP contribution in [0.1, 0.15) is 36.0 Å². The van der Waals surface area contributed by atoms with Crippen LogP contribution in [0.25, 0.3) is 0 Å². The largest absolute Gasteiger partial charge is 0.490 e. The minimum absolute atomic E-state index is 0.0846. The van der Waals surface area contributed by atoms with Gasteiger partial charge in [0.2, 0.25) is 5.91 Å². The first-order valence-corrected chi connectivity index (χ1v) is 11.7. The van der Waals surface area contributed by atoms with Gasteiger partial charge in [-0.2, -0.15) is 0 Å². The van der Waals surface area contributed by atoms with Crippen molar-refractivity contribution >= 4 is 29.4 Å². The summed E-state index contributed by atoms with van der Waals surface area (Å²) in [6.07, 6.45) is 0.0846. The molecular formula is C24H24N4O5S. The van der Waals surface area contributed by atoms with Crippen LogP contribution in [0.2, 0.25) is 0 Å². The van der Waals surface area contributed by atoms with Crippen molar-refractivity contribution in [2.24, 2.45) is 5.73 Å². The molecule has 1 aromatic heterocycles. The van der Waals surface area contributed by atoms with Crippen molar-refractivity contribution in [1.82, 2.24) is 9.97 Å². The zero-order valence-corrected chi connectivity index (χ0v) is 19.3. The number of benzene rings is 2. The molecule has 0 bridgehead atoms. The van der Waals surface area contributed by atoms with Crippen molar-refractivity contribution in [3.63, 3.8) is 0 Å². The molecule has 9 nitrogen and oxygen atoms in total. The van der Waals surface area contributed by atoms with Gasteiger partial charge in [0.05, 0.1) is 12.2 Å². The van der Waals surface area contributed by atoms with Gasteiger partial charge in [-0.1, -0.05) is 48.2 Å². The molecule has 0 radical (unpaired) electrons. The van der Waals surface area contributed by atoms with Gasteiger partial charge in [0.15, 0.2) is 23.3 Å². The molecule has 1 aliphatic heterocycles. The molecular weight excluding hydrogens is 456 g/mol. The van der Waals surface area contributed by atoms with Crippen molar-refractivity contribution in [2.45, 2.75) is 30.2 Å². The highest BCUT2D eigenvalue weighted by Crippen LogP contribution is 2.38. The number of thioether (sulfide) groups is 1. The normalized spacial score (nSPS) is 14.7. The van der Waals surface area contributed by atoms with E-state index in [0.717, 1.165) is 5.56 Å². The van der Waals surface area contributed by atoms with Crippen LogP contribution in [0, 0.1) is 0 Å². The average Bonchev–Trinajstić information content (AvgIpc) is 2.82. The number of nitrogens with one attached hydrogen (secondary N) is 2. The van der Waals surface area contributed by atoms with Crippen LogP contribution < -0.4 is 26.1 Å². The second-order valence-electron chi connectivity index (χ2n) is 7.61. The second-order valence-corrected chi connectivity index (χ2v) is 8.57. The summed E-state index contributed by atoms with van der Waals surface area (Å²) in [6.45, 7) is 1.89. The first-order chi connectivity index (χ1) is 16.4. The van der Waals surface area contributed by atoms with E-state index in [2.05, 4.69) is 15.3 Å². The molecule has 34 heavy (non-hydrogen) atoms. The van der Waals surface area contributed by atoms with Gasteiger partial charge in [0.1, 0.15) is 5.82 Å². The van der Waals surface area contributed by atoms with Gasteiger partial charge in [-0.25, -0.2) is 4.98 Å². The van der Waals surface area contributed by atoms with Gasteiger partial charge in [0, 0.05) is 18.1 Å². The second kappa shape index (κ2) is 10.4. The monoisotopic (exact) mass is 480 g/mol. The number of carbonyl (C=O) groups excluding carboxylic acids is 2. The summed E-state index contributed by atoms with van der Waals surface area (Å²) >= 11 is 1.39. The molecule has 10 heteroatoms. The van der Waals surface area contributed by atoms with E-state index in [1.807, 2.05) is 37.3 Å². The number of hydrogen-bond acceptors (Lipinski definition) is 7. The highest BCUT2D eigenvalue weighted by atomic mass is 32.2. The van der Waals surface area contributed by atoms with Crippen LogP contribution in [0.3, 0.4) is 0 Å². The Morgan fingerprint density at radius 2 is 1.94 bits per heavy atom. The summed E-state index contributed by atoms with van der Waals surface area (Å²) in [6, 6.07) is 14.9. The number of carbonyl (C=O) groups is 2. The molecule has 2 amide bonds. The number of hydrogen-bond donors (Lipinski definition) is 3. The van der Waals surface area contributed by atoms with Crippen LogP contribution in [0.4, 0.5) is 5.82 Å². The Kier molecular flexibility index (Phi) is 7.17. The number of aromatic amines is 1. The standard InChI is InChI=1S/C24H24N4O5S/c1-2-32-18-10-15(8-9-17(18)33-12-19(25)29)16-11-20(30)26-22-21(16)23(31)28-24(27-22)34-13-14-6-4-3-5-7-14/h3-10,16H,2,11-13H2,1H3,(H2,25,29)(H2,26,27,28,30,31). The third-order valence-electron chi connectivity index (χ3n) is 5.19. The summed E-state index contributed by atoms with van der Waals surface area (Å²) in [4.78, 5) is 44.0. The van der Waals surface area contributed by atoms with Gasteiger partial charge >= 0.3 is 0 Å². The molecule has 0 saturated carbocycles. The maximum absolute atomic E-state index is 13.1. The predicted octanol–water partition coefficient (Wildman–Crippen LogP) is 2.80. The molecule has 0 fully saturated rings.